The molecule has 2 heterocycles. The van der Waals surface area contributed by atoms with Gasteiger partial charge in [-0.15, -0.1) is 0 Å². The van der Waals surface area contributed by atoms with Crippen LogP contribution in [0, 0.1) is 0 Å². The first kappa shape index (κ1) is 13.6. The second-order valence-corrected chi connectivity index (χ2v) is 5.46. The Morgan fingerprint density at radius 2 is 2.28 bits per heavy atom. The number of esters is 1. The molecule has 100 valence electrons. The van der Waals surface area contributed by atoms with Gasteiger partial charge in [0.15, 0.2) is 15.2 Å². The number of nitrogens with one attached hydrogen (secondary N) is 1. The van der Waals surface area contributed by atoms with E-state index in [1.807, 2.05) is 0 Å². The summed E-state index contributed by atoms with van der Waals surface area (Å²) in [7, 11) is 1.33. The molecule has 0 unspecified atom stereocenters. The summed E-state index contributed by atoms with van der Waals surface area (Å²) in [6.45, 7) is 4.15. The number of nitrogens with zero attached hydrogens (tertiary/aromatic N) is 2. The van der Waals surface area contributed by atoms with E-state index in [4.69, 9.17) is 11.6 Å². The fraction of sp³-hybridized carbons (Fsp3) is 0.636. The second kappa shape index (κ2) is 6.36. The summed E-state index contributed by atoms with van der Waals surface area (Å²) in [5.74, 6) is -0.440. The highest BCUT2D eigenvalue weighted by atomic mass is 35.5. The Bertz CT molecular complexity index is 418. The quantitative estimate of drug-likeness (QED) is 0.841. The molecule has 1 fully saturated rings. The maximum absolute atomic E-state index is 11.4. The van der Waals surface area contributed by atoms with Gasteiger partial charge in [-0.1, -0.05) is 22.9 Å². The van der Waals surface area contributed by atoms with Crippen molar-refractivity contribution >= 4 is 34.0 Å². The SMILES string of the molecule is COC(=O)c1sc(NCCN2CCCC2)nc1Cl. The number of thiazole rings is 1. The third-order valence-electron chi connectivity index (χ3n) is 2.86. The van der Waals surface area contributed by atoms with Crippen molar-refractivity contribution in [2.75, 3.05) is 38.6 Å². The van der Waals surface area contributed by atoms with Gasteiger partial charge in [-0.25, -0.2) is 9.78 Å². The number of rotatable bonds is 5. The van der Waals surface area contributed by atoms with Crippen LogP contribution < -0.4 is 5.32 Å². The van der Waals surface area contributed by atoms with Crippen LogP contribution in [0.4, 0.5) is 5.13 Å². The molecular weight excluding hydrogens is 274 g/mol. The lowest BCUT2D eigenvalue weighted by molar-refractivity contribution is 0.0606. The van der Waals surface area contributed by atoms with E-state index >= 15 is 0 Å². The fourth-order valence-electron chi connectivity index (χ4n) is 1.92. The van der Waals surface area contributed by atoms with Gasteiger partial charge in [-0.05, 0) is 25.9 Å². The van der Waals surface area contributed by atoms with E-state index in [1.54, 1.807) is 0 Å². The van der Waals surface area contributed by atoms with Crippen molar-refractivity contribution in [3.63, 3.8) is 0 Å². The molecule has 0 aliphatic carbocycles. The molecule has 18 heavy (non-hydrogen) atoms. The molecule has 0 saturated carbocycles. The summed E-state index contributed by atoms with van der Waals surface area (Å²) >= 11 is 7.10. The van der Waals surface area contributed by atoms with Crippen molar-refractivity contribution in [1.29, 1.82) is 0 Å². The number of carbonyl (C=O) groups is 1. The van der Waals surface area contributed by atoms with E-state index in [1.165, 1.54) is 44.4 Å². The van der Waals surface area contributed by atoms with Crippen molar-refractivity contribution < 1.29 is 9.53 Å². The molecule has 1 aliphatic rings. The fourth-order valence-corrected chi connectivity index (χ4v) is 3.05. The van der Waals surface area contributed by atoms with Crippen molar-refractivity contribution in [3.05, 3.63) is 10.0 Å². The summed E-state index contributed by atoms with van der Waals surface area (Å²) in [6, 6.07) is 0. The van der Waals surface area contributed by atoms with Crippen LogP contribution in [0.1, 0.15) is 22.5 Å². The number of anilines is 1. The van der Waals surface area contributed by atoms with Gasteiger partial charge in [0.25, 0.3) is 0 Å². The standard InChI is InChI=1S/C11H16ClN3O2S/c1-17-10(16)8-9(12)14-11(18-8)13-4-7-15-5-2-3-6-15/h2-7H2,1H3,(H,13,14). The van der Waals surface area contributed by atoms with Crippen LogP contribution in [0.25, 0.3) is 0 Å². The second-order valence-electron chi connectivity index (χ2n) is 4.11. The Kier molecular flexibility index (Phi) is 4.79. The predicted octanol–water partition coefficient (Wildman–Crippen LogP) is 2.09. The van der Waals surface area contributed by atoms with Gasteiger partial charge < -0.3 is 15.0 Å². The summed E-state index contributed by atoms with van der Waals surface area (Å²) in [5, 5.41) is 4.06. The Balaban J connectivity index is 1.83. The highest BCUT2D eigenvalue weighted by Gasteiger charge is 2.17. The Hall–Kier alpha value is -0.850. The van der Waals surface area contributed by atoms with Crippen molar-refractivity contribution in [1.82, 2.24) is 9.88 Å². The number of methoxy groups -OCH3 is 1. The summed E-state index contributed by atoms with van der Waals surface area (Å²) in [5.41, 5.74) is 0. The van der Waals surface area contributed by atoms with Crippen LogP contribution in [-0.2, 0) is 4.74 Å². The third kappa shape index (κ3) is 3.34. The van der Waals surface area contributed by atoms with Crippen LogP contribution >= 0.6 is 22.9 Å². The molecule has 0 atom stereocenters. The molecular formula is C11H16ClN3O2S. The van der Waals surface area contributed by atoms with Gasteiger partial charge in [0, 0.05) is 13.1 Å². The number of aromatic nitrogens is 1. The Morgan fingerprint density at radius 3 is 2.94 bits per heavy atom. The highest BCUT2D eigenvalue weighted by molar-refractivity contribution is 7.18. The van der Waals surface area contributed by atoms with E-state index in [0.29, 0.717) is 10.0 Å². The van der Waals surface area contributed by atoms with Crippen molar-refractivity contribution in [2.45, 2.75) is 12.8 Å². The first-order valence-corrected chi connectivity index (χ1v) is 7.11. The molecule has 0 bridgehead atoms. The summed E-state index contributed by atoms with van der Waals surface area (Å²) in [6.07, 6.45) is 2.57. The van der Waals surface area contributed by atoms with Crippen LogP contribution in [0.2, 0.25) is 5.15 Å². The first-order chi connectivity index (χ1) is 8.70. The third-order valence-corrected chi connectivity index (χ3v) is 4.24. The number of halogens is 1. The molecule has 1 N–H and O–H groups in total. The van der Waals surface area contributed by atoms with Gasteiger partial charge in [-0.2, -0.15) is 0 Å². The van der Waals surface area contributed by atoms with Crippen molar-refractivity contribution in [3.8, 4) is 0 Å². The van der Waals surface area contributed by atoms with E-state index in [2.05, 4.69) is 19.9 Å². The number of ether oxygens (including phenoxy) is 1. The monoisotopic (exact) mass is 289 g/mol. The van der Waals surface area contributed by atoms with Gasteiger partial charge >= 0.3 is 5.97 Å². The molecule has 0 spiro atoms. The molecule has 1 saturated heterocycles. The lowest BCUT2D eigenvalue weighted by Gasteiger charge is -2.13. The van der Waals surface area contributed by atoms with E-state index in [-0.39, 0.29) is 5.15 Å². The first-order valence-electron chi connectivity index (χ1n) is 5.91. The minimum absolute atomic E-state index is 0.204. The molecule has 0 aromatic carbocycles. The van der Waals surface area contributed by atoms with Gasteiger partial charge in [0.2, 0.25) is 0 Å². The molecule has 5 nitrogen and oxygen atoms in total. The number of hydrogen-bond acceptors (Lipinski definition) is 6. The average molecular weight is 290 g/mol. The number of hydrogen-bond donors (Lipinski definition) is 1. The lowest BCUT2D eigenvalue weighted by atomic mass is 10.4. The number of carbonyl (C=O) groups excluding carboxylic acids is 1. The molecule has 0 radical (unpaired) electrons. The van der Waals surface area contributed by atoms with E-state index in [0.717, 1.165) is 13.1 Å². The van der Waals surface area contributed by atoms with Crippen LogP contribution in [0.15, 0.2) is 0 Å². The maximum atomic E-state index is 11.4. The van der Waals surface area contributed by atoms with E-state index < -0.39 is 5.97 Å². The molecule has 1 aromatic heterocycles. The molecule has 2 rings (SSSR count). The Morgan fingerprint density at radius 1 is 1.56 bits per heavy atom. The van der Waals surface area contributed by atoms with Gasteiger partial charge in [0.1, 0.15) is 0 Å². The minimum Gasteiger partial charge on any atom is -0.465 e. The minimum atomic E-state index is -0.440. The highest BCUT2D eigenvalue weighted by Crippen LogP contribution is 2.27. The zero-order valence-corrected chi connectivity index (χ0v) is 11.8. The van der Waals surface area contributed by atoms with Gasteiger partial charge in [-0.3, -0.25) is 0 Å². The predicted molar refractivity (Wildman–Crippen MR) is 72.6 cm³/mol. The largest absolute Gasteiger partial charge is 0.465 e. The van der Waals surface area contributed by atoms with Crippen LogP contribution in [0.3, 0.4) is 0 Å². The number of likely N-dealkylation sites (tertiary alicyclic amines) is 1. The Labute approximate surface area is 115 Å². The van der Waals surface area contributed by atoms with E-state index in [9.17, 15) is 4.79 Å². The zero-order chi connectivity index (χ0) is 13.0. The molecule has 7 heteroatoms. The lowest BCUT2D eigenvalue weighted by Crippen LogP contribution is -2.25. The molecule has 1 aliphatic heterocycles. The summed E-state index contributed by atoms with van der Waals surface area (Å²) in [4.78, 5) is 18.2. The van der Waals surface area contributed by atoms with Gasteiger partial charge in [0.05, 0.1) is 7.11 Å². The molecule has 0 amide bonds. The molecule has 1 aromatic rings. The smallest absolute Gasteiger partial charge is 0.351 e. The van der Waals surface area contributed by atoms with Crippen molar-refractivity contribution in [2.24, 2.45) is 0 Å². The van der Waals surface area contributed by atoms with Crippen LogP contribution in [0.5, 0.6) is 0 Å². The van der Waals surface area contributed by atoms with Crippen LogP contribution in [-0.4, -0.2) is 49.1 Å². The maximum Gasteiger partial charge on any atom is 0.351 e. The normalized spacial score (nSPS) is 15.9. The topological polar surface area (TPSA) is 54.5 Å². The zero-order valence-electron chi connectivity index (χ0n) is 10.2. The summed E-state index contributed by atoms with van der Waals surface area (Å²) < 4.78 is 4.63. The average Bonchev–Trinajstić information content (AvgIpc) is 2.98.